The van der Waals surface area contributed by atoms with E-state index >= 15 is 0 Å². The lowest BCUT2D eigenvalue weighted by Crippen LogP contribution is -2.28. The van der Waals surface area contributed by atoms with Crippen LogP contribution >= 0.6 is 27.7 Å². The van der Waals surface area contributed by atoms with Crippen molar-refractivity contribution in [2.45, 2.75) is 39.8 Å². The fraction of sp³-hybridized carbons (Fsp3) is 0.233. The van der Waals surface area contributed by atoms with E-state index in [1.54, 1.807) is 17.0 Å². The van der Waals surface area contributed by atoms with E-state index in [2.05, 4.69) is 22.9 Å². The number of hydrogen-bond acceptors (Lipinski definition) is 6. The maximum Gasteiger partial charge on any atom is 0.335 e. The molecule has 3 aromatic rings. The van der Waals surface area contributed by atoms with Crippen molar-refractivity contribution in [3.8, 4) is 11.5 Å². The fourth-order valence-corrected chi connectivity index (χ4v) is 5.31. The van der Waals surface area contributed by atoms with Crippen molar-refractivity contribution in [2.75, 3.05) is 6.61 Å². The number of ether oxygens (including phenoxy) is 2. The quantitative estimate of drug-likeness (QED) is 0.239. The van der Waals surface area contributed by atoms with Crippen LogP contribution in [0.5, 0.6) is 11.5 Å². The summed E-state index contributed by atoms with van der Waals surface area (Å²) in [4.78, 5) is 31.7. The highest BCUT2D eigenvalue weighted by atomic mass is 79.9. The molecule has 1 fully saturated rings. The van der Waals surface area contributed by atoms with Crippen LogP contribution in [0, 0.1) is 0 Å². The van der Waals surface area contributed by atoms with E-state index in [-0.39, 0.29) is 24.1 Å². The average molecular weight is 610 g/mol. The molecule has 0 aliphatic carbocycles. The molecule has 0 saturated carbocycles. The van der Waals surface area contributed by atoms with Crippen LogP contribution in [0.1, 0.15) is 48.7 Å². The van der Waals surface area contributed by atoms with Gasteiger partial charge in [-0.15, -0.1) is 0 Å². The molecular weight excluding hydrogens is 580 g/mol. The Morgan fingerprint density at radius 3 is 2.49 bits per heavy atom. The van der Waals surface area contributed by atoms with E-state index in [1.165, 1.54) is 23.9 Å². The summed E-state index contributed by atoms with van der Waals surface area (Å²) < 4.78 is 12.7. The largest absolute Gasteiger partial charge is 0.490 e. The maximum atomic E-state index is 13.6. The lowest BCUT2D eigenvalue weighted by molar-refractivity contribution is -0.122. The number of carboxylic acid groups (broad SMARTS) is 1. The molecule has 0 spiro atoms. The number of carboxylic acids is 1. The maximum absolute atomic E-state index is 13.6. The van der Waals surface area contributed by atoms with E-state index in [9.17, 15) is 14.7 Å². The molecule has 0 radical (unpaired) electrons. The second-order valence-corrected chi connectivity index (χ2v) is 10.7. The molecule has 1 unspecified atom stereocenters. The predicted octanol–water partition coefficient (Wildman–Crippen LogP) is 7.53. The molecule has 1 aliphatic heterocycles. The number of aliphatic imine (C=N–C) groups is 1. The Morgan fingerprint density at radius 1 is 1.13 bits per heavy atom. The number of amides is 1. The van der Waals surface area contributed by atoms with Crippen molar-refractivity contribution < 1.29 is 24.2 Å². The van der Waals surface area contributed by atoms with Gasteiger partial charge in [0, 0.05) is 0 Å². The van der Waals surface area contributed by atoms with Crippen molar-refractivity contribution in [3.05, 3.63) is 92.8 Å². The number of nitrogens with zero attached hydrogens (tertiary/aromatic N) is 2. The summed E-state index contributed by atoms with van der Waals surface area (Å²) in [6.07, 6.45) is 2.70. The van der Waals surface area contributed by atoms with Crippen molar-refractivity contribution in [1.82, 2.24) is 4.90 Å². The number of rotatable bonds is 10. The molecular formula is C30H29BrN2O5S. The molecule has 202 valence electrons. The van der Waals surface area contributed by atoms with Gasteiger partial charge in [-0.1, -0.05) is 37.3 Å². The van der Waals surface area contributed by atoms with Gasteiger partial charge in [0.1, 0.15) is 0 Å². The molecule has 39 heavy (non-hydrogen) atoms. The second-order valence-electron chi connectivity index (χ2n) is 8.83. The number of thioether (sulfide) groups is 1. The van der Waals surface area contributed by atoms with Crippen LogP contribution in [0.15, 0.2) is 81.1 Å². The van der Waals surface area contributed by atoms with Gasteiger partial charge in [0.2, 0.25) is 0 Å². The third-order valence-electron chi connectivity index (χ3n) is 5.93. The van der Waals surface area contributed by atoms with Gasteiger partial charge in [0.05, 0.1) is 39.9 Å². The highest BCUT2D eigenvalue weighted by molar-refractivity contribution is 9.10. The molecule has 3 aromatic carbocycles. The number of carbonyl (C=O) groups excluding carboxylic acids is 1. The van der Waals surface area contributed by atoms with Gasteiger partial charge in [-0.2, -0.15) is 0 Å². The Bertz CT molecular complexity index is 1410. The van der Waals surface area contributed by atoms with Gasteiger partial charge in [-0.05, 0) is 102 Å². The zero-order chi connectivity index (χ0) is 27.9. The summed E-state index contributed by atoms with van der Waals surface area (Å²) in [5.74, 6) is 0.0506. The van der Waals surface area contributed by atoms with Crippen molar-refractivity contribution in [3.63, 3.8) is 0 Å². The highest BCUT2D eigenvalue weighted by Gasteiger charge is 2.33. The van der Waals surface area contributed by atoms with Gasteiger partial charge in [-0.25, -0.2) is 9.79 Å². The van der Waals surface area contributed by atoms with Crippen LogP contribution in [0.3, 0.4) is 0 Å². The molecule has 1 amide bonds. The number of carbonyl (C=O) groups is 2. The summed E-state index contributed by atoms with van der Waals surface area (Å²) in [5.41, 5.74) is 2.50. The smallest absolute Gasteiger partial charge is 0.335 e. The Morgan fingerprint density at radius 2 is 1.85 bits per heavy atom. The topological polar surface area (TPSA) is 88.4 Å². The lowest BCUT2D eigenvalue weighted by Gasteiger charge is -2.18. The van der Waals surface area contributed by atoms with Crippen LogP contribution in [0.2, 0.25) is 0 Å². The summed E-state index contributed by atoms with van der Waals surface area (Å²) in [6, 6.07) is 19.7. The van der Waals surface area contributed by atoms with Gasteiger partial charge in [-0.3, -0.25) is 9.69 Å². The minimum Gasteiger partial charge on any atom is -0.490 e. The normalized spacial score (nSPS) is 16.1. The van der Waals surface area contributed by atoms with Gasteiger partial charge >= 0.3 is 5.97 Å². The van der Waals surface area contributed by atoms with Gasteiger partial charge < -0.3 is 14.6 Å². The number of amidine groups is 1. The first kappa shape index (κ1) is 28.4. The minimum absolute atomic E-state index is 0.0200. The van der Waals surface area contributed by atoms with Crippen molar-refractivity contribution in [1.29, 1.82) is 0 Å². The van der Waals surface area contributed by atoms with E-state index in [4.69, 9.17) is 14.5 Å². The Labute approximate surface area is 240 Å². The number of benzene rings is 3. The van der Waals surface area contributed by atoms with Crippen LogP contribution in [-0.4, -0.2) is 39.8 Å². The first-order valence-corrected chi connectivity index (χ1v) is 14.2. The summed E-state index contributed by atoms with van der Waals surface area (Å²) in [5, 5.41) is 9.76. The molecule has 1 saturated heterocycles. The molecule has 1 atom stereocenters. The molecule has 1 N–H and O–H groups in total. The van der Waals surface area contributed by atoms with Crippen LogP contribution < -0.4 is 9.47 Å². The third-order valence-corrected chi connectivity index (χ3v) is 7.53. The summed E-state index contributed by atoms with van der Waals surface area (Å²) in [6.45, 7) is 6.70. The zero-order valence-electron chi connectivity index (χ0n) is 21.9. The average Bonchev–Trinajstić information content (AvgIpc) is 3.20. The fourth-order valence-electron chi connectivity index (χ4n) is 3.76. The van der Waals surface area contributed by atoms with Crippen molar-refractivity contribution >= 4 is 56.5 Å². The first-order valence-electron chi connectivity index (χ1n) is 12.6. The molecule has 9 heteroatoms. The predicted molar refractivity (Wildman–Crippen MR) is 159 cm³/mol. The number of aromatic carboxylic acids is 1. The van der Waals surface area contributed by atoms with E-state index in [0.29, 0.717) is 28.2 Å². The molecule has 7 nitrogen and oxygen atoms in total. The molecule has 1 heterocycles. The minimum atomic E-state index is -0.996. The Kier molecular flexibility index (Phi) is 9.48. The van der Waals surface area contributed by atoms with Crippen molar-refractivity contribution in [2.24, 2.45) is 4.99 Å². The summed E-state index contributed by atoms with van der Waals surface area (Å²) in [7, 11) is 0. The molecule has 0 bridgehead atoms. The SMILES string of the molecule is CCOc1cc(/C=C2\SC(=Nc3ccccc3)N(Cc3ccc(C(=O)O)cc3)C2=O)cc(Br)c1OC(C)CC. The Balaban J connectivity index is 1.69. The van der Waals surface area contributed by atoms with E-state index < -0.39 is 5.97 Å². The molecule has 0 aromatic heterocycles. The number of halogens is 1. The standard InChI is InChI=1S/C30H29BrN2O5S/c1-4-19(3)38-27-24(31)15-21(16-25(27)37-5-2)17-26-28(34)33(18-20-11-13-22(14-12-20)29(35)36)30(39-26)32-23-9-7-6-8-10-23/h6-17,19H,4-5,18H2,1-3H3,(H,35,36)/b26-17-,32-30?. The third kappa shape index (κ3) is 7.10. The van der Waals surface area contributed by atoms with Crippen LogP contribution in [0.25, 0.3) is 6.08 Å². The molecule has 4 rings (SSSR count). The first-order chi connectivity index (χ1) is 18.8. The van der Waals surface area contributed by atoms with Gasteiger partial charge in [0.15, 0.2) is 16.7 Å². The highest BCUT2D eigenvalue weighted by Crippen LogP contribution is 2.40. The van der Waals surface area contributed by atoms with E-state index in [0.717, 1.165) is 27.7 Å². The lowest BCUT2D eigenvalue weighted by atomic mass is 10.1. The van der Waals surface area contributed by atoms with Crippen LogP contribution in [0.4, 0.5) is 5.69 Å². The second kappa shape index (κ2) is 13.0. The van der Waals surface area contributed by atoms with Crippen LogP contribution in [-0.2, 0) is 11.3 Å². The summed E-state index contributed by atoms with van der Waals surface area (Å²) >= 11 is 4.91. The number of hydrogen-bond donors (Lipinski definition) is 1. The monoisotopic (exact) mass is 608 g/mol. The molecule has 1 aliphatic rings. The Hall–Kier alpha value is -3.56. The van der Waals surface area contributed by atoms with Gasteiger partial charge in [0.25, 0.3) is 5.91 Å². The van der Waals surface area contributed by atoms with E-state index in [1.807, 2.05) is 62.4 Å². The number of para-hydroxylation sites is 1. The zero-order valence-corrected chi connectivity index (χ0v) is 24.3.